The lowest BCUT2D eigenvalue weighted by Gasteiger charge is -2.13. The smallest absolute Gasteiger partial charge is 0.264 e. The summed E-state index contributed by atoms with van der Waals surface area (Å²) in [6.07, 6.45) is 1.85. The SMILES string of the molecule is COc1cc(/C=C2\SC(=Nc3cc(Cl)ccc3C)NC2=O)ccc1OC(C)C. The zero-order chi connectivity index (χ0) is 20.3. The fraction of sp³-hybridized carbons (Fsp3) is 0.238. The van der Waals surface area contributed by atoms with Crippen molar-refractivity contribution in [1.29, 1.82) is 0 Å². The maximum Gasteiger partial charge on any atom is 0.264 e. The maximum atomic E-state index is 12.3. The number of aliphatic imine (C=N–C) groups is 1. The number of nitrogens with one attached hydrogen (secondary N) is 1. The van der Waals surface area contributed by atoms with Crippen LogP contribution in [0.15, 0.2) is 46.3 Å². The first-order valence-corrected chi connectivity index (χ1v) is 9.95. The van der Waals surface area contributed by atoms with E-state index in [1.165, 1.54) is 11.8 Å². The van der Waals surface area contributed by atoms with E-state index in [2.05, 4.69) is 10.3 Å². The second-order valence-electron chi connectivity index (χ2n) is 6.49. The molecule has 1 aliphatic heterocycles. The molecule has 3 rings (SSSR count). The van der Waals surface area contributed by atoms with Crippen LogP contribution in [0.25, 0.3) is 6.08 Å². The summed E-state index contributed by atoms with van der Waals surface area (Å²) in [7, 11) is 1.59. The van der Waals surface area contributed by atoms with E-state index in [4.69, 9.17) is 21.1 Å². The highest BCUT2D eigenvalue weighted by Crippen LogP contribution is 2.33. The Kier molecular flexibility index (Phi) is 6.31. The zero-order valence-electron chi connectivity index (χ0n) is 16.1. The van der Waals surface area contributed by atoms with Crippen LogP contribution in [0.1, 0.15) is 25.0 Å². The van der Waals surface area contributed by atoms with Gasteiger partial charge in [-0.2, -0.15) is 0 Å². The summed E-state index contributed by atoms with van der Waals surface area (Å²) in [6, 6.07) is 11.1. The summed E-state index contributed by atoms with van der Waals surface area (Å²) in [6.45, 7) is 5.86. The normalized spacial score (nSPS) is 16.7. The monoisotopic (exact) mass is 416 g/mol. The number of nitrogens with zero attached hydrogens (tertiary/aromatic N) is 1. The first-order valence-electron chi connectivity index (χ1n) is 8.76. The van der Waals surface area contributed by atoms with Crippen molar-refractivity contribution in [2.75, 3.05) is 7.11 Å². The molecule has 0 bridgehead atoms. The Labute approximate surface area is 173 Å². The molecule has 0 aliphatic carbocycles. The summed E-state index contributed by atoms with van der Waals surface area (Å²) in [4.78, 5) is 17.4. The third kappa shape index (κ3) is 4.88. The molecule has 1 fully saturated rings. The van der Waals surface area contributed by atoms with Crippen molar-refractivity contribution in [2.24, 2.45) is 4.99 Å². The molecule has 1 saturated heterocycles. The standard InChI is InChI=1S/C21H21ClN2O3S/c1-12(2)27-17-8-6-14(9-18(17)26-4)10-19-20(25)24-21(28-19)23-16-11-15(22)7-5-13(16)3/h5-12H,1-4H3,(H,23,24,25)/b19-10-. The van der Waals surface area contributed by atoms with E-state index in [9.17, 15) is 4.79 Å². The molecule has 1 amide bonds. The molecular weight excluding hydrogens is 396 g/mol. The van der Waals surface area contributed by atoms with Crippen molar-refractivity contribution in [1.82, 2.24) is 5.32 Å². The van der Waals surface area contributed by atoms with Gasteiger partial charge in [-0.1, -0.05) is 23.7 Å². The highest BCUT2D eigenvalue weighted by Gasteiger charge is 2.24. The van der Waals surface area contributed by atoms with Gasteiger partial charge in [0.15, 0.2) is 16.7 Å². The summed E-state index contributed by atoms with van der Waals surface area (Å²) in [5.74, 6) is 1.10. The van der Waals surface area contributed by atoms with Gasteiger partial charge in [0.25, 0.3) is 5.91 Å². The van der Waals surface area contributed by atoms with E-state index >= 15 is 0 Å². The molecule has 0 saturated carbocycles. The van der Waals surface area contributed by atoms with Gasteiger partial charge in [0.05, 0.1) is 23.8 Å². The number of carbonyl (C=O) groups excluding carboxylic acids is 1. The van der Waals surface area contributed by atoms with Crippen LogP contribution in [0.4, 0.5) is 5.69 Å². The van der Waals surface area contributed by atoms with Crippen LogP contribution in [0, 0.1) is 6.92 Å². The Morgan fingerprint density at radius 1 is 1.18 bits per heavy atom. The Bertz CT molecular complexity index is 970. The van der Waals surface area contributed by atoms with Gasteiger partial charge < -0.3 is 14.8 Å². The third-order valence-corrected chi connectivity index (χ3v) is 5.04. The minimum Gasteiger partial charge on any atom is -0.493 e. The number of aryl methyl sites for hydroxylation is 1. The lowest BCUT2D eigenvalue weighted by atomic mass is 10.2. The highest BCUT2D eigenvalue weighted by molar-refractivity contribution is 8.18. The summed E-state index contributed by atoms with van der Waals surface area (Å²) in [5.41, 5.74) is 2.55. The largest absolute Gasteiger partial charge is 0.493 e. The number of methoxy groups -OCH3 is 1. The van der Waals surface area contributed by atoms with Crippen molar-refractivity contribution < 1.29 is 14.3 Å². The van der Waals surface area contributed by atoms with Crippen molar-refractivity contribution in [3.05, 3.63) is 57.5 Å². The average molecular weight is 417 g/mol. The number of hydrogen-bond donors (Lipinski definition) is 1. The van der Waals surface area contributed by atoms with Gasteiger partial charge >= 0.3 is 0 Å². The van der Waals surface area contributed by atoms with E-state index in [1.54, 1.807) is 19.3 Å². The molecule has 28 heavy (non-hydrogen) atoms. The van der Waals surface area contributed by atoms with Crippen molar-refractivity contribution in [3.63, 3.8) is 0 Å². The third-order valence-electron chi connectivity index (χ3n) is 3.89. The topological polar surface area (TPSA) is 59.9 Å². The lowest BCUT2D eigenvalue weighted by Crippen LogP contribution is -2.19. The quantitative estimate of drug-likeness (QED) is 0.668. The van der Waals surface area contributed by atoms with Gasteiger partial charge in [-0.25, -0.2) is 4.99 Å². The summed E-state index contributed by atoms with van der Waals surface area (Å²) in [5, 5.41) is 3.92. The number of carbonyl (C=O) groups is 1. The Morgan fingerprint density at radius 2 is 1.96 bits per heavy atom. The zero-order valence-corrected chi connectivity index (χ0v) is 17.6. The molecule has 0 radical (unpaired) electrons. The first kappa shape index (κ1) is 20.3. The summed E-state index contributed by atoms with van der Waals surface area (Å²) < 4.78 is 11.1. The van der Waals surface area contributed by atoms with Crippen LogP contribution in [0.2, 0.25) is 5.02 Å². The van der Waals surface area contributed by atoms with Crippen molar-refractivity contribution in [2.45, 2.75) is 26.9 Å². The molecule has 0 spiro atoms. The lowest BCUT2D eigenvalue weighted by molar-refractivity contribution is -0.115. The number of amidine groups is 1. The molecule has 1 aliphatic rings. The maximum absolute atomic E-state index is 12.3. The number of hydrogen-bond acceptors (Lipinski definition) is 5. The molecule has 7 heteroatoms. The predicted molar refractivity (Wildman–Crippen MR) is 116 cm³/mol. The van der Waals surface area contributed by atoms with E-state index in [1.807, 2.05) is 51.1 Å². The van der Waals surface area contributed by atoms with Crippen molar-refractivity contribution in [3.8, 4) is 11.5 Å². The van der Waals surface area contributed by atoms with Gasteiger partial charge in [-0.05, 0) is 74.0 Å². The number of halogens is 1. The van der Waals surface area contributed by atoms with E-state index in [0.717, 1.165) is 16.8 Å². The van der Waals surface area contributed by atoms with E-state index < -0.39 is 0 Å². The van der Waals surface area contributed by atoms with Gasteiger partial charge in [0.1, 0.15) is 0 Å². The van der Waals surface area contributed by atoms with Crippen LogP contribution >= 0.6 is 23.4 Å². The summed E-state index contributed by atoms with van der Waals surface area (Å²) >= 11 is 7.33. The molecule has 5 nitrogen and oxygen atoms in total. The van der Waals surface area contributed by atoms with Gasteiger partial charge in [-0.15, -0.1) is 0 Å². The van der Waals surface area contributed by atoms with Crippen LogP contribution < -0.4 is 14.8 Å². The van der Waals surface area contributed by atoms with Gasteiger partial charge in [0, 0.05) is 5.02 Å². The molecule has 146 valence electrons. The minimum atomic E-state index is -0.190. The van der Waals surface area contributed by atoms with Crippen LogP contribution in [-0.4, -0.2) is 24.3 Å². The molecular formula is C21H21ClN2O3S. The van der Waals surface area contributed by atoms with Crippen LogP contribution in [-0.2, 0) is 4.79 Å². The number of amides is 1. The number of benzene rings is 2. The molecule has 2 aromatic carbocycles. The second-order valence-corrected chi connectivity index (χ2v) is 7.96. The molecule has 1 heterocycles. The molecule has 0 atom stereocenters. The minimum absolute atomic E-state index is 0.0444. The highest BCUT2D eigenvalue weighted by atomic mass is 35.5. The number of rotatable bonds is 5. The molecule has 0 unspecified atom stereocenters. The van der Waals surface area contributed by atoms with Crippen LogP contribution in [0.5, 0.6) is 11.5 Å². The van der Waals surface area contributed by atoms with E-state index in [0.29, 0.717) is 26.6 Å². The Balaban J connectivity index is 1.84. The van der Waals surface area contributed by atoms with Gasteiger partial charge in [0.2, 0.25) is 0 Å². The van der Waals surface area contributed by atoms with Crippen molar-refractivity contribution >= 4 is 46.2 Å². The first-order chi connectivity index (χ1) is 13.4. The fourth-order valence-corrected chi connectivity index (χ4v) is 3.57. The van der Waals surface area contributed by atoms with E-state index in [-0.39, 0.29) is 12.0 Å². The molecule has 2 aromatic rings. The average Bonchev–Trinajstić information content (AvgIpc) is 2.98. The molecule has 0 aromatic heterocycles. The number of ether oxygens (including phenoxy) is 2. The number of thioether (sulfide) groups is 1. The Morgan fingerprint density at radius 3 is 2.68 bits per heavy atom. The fourth-order valence-electron chi connectivity index (χ4n) is 2.57. The molecule has 1 N–H and O–H groups in total. The predicted octanol–water partition coefficient (Wildman–Crippen LogP) is 5.34. The second kappa shape index (κ2) is 8.71. The van der Waals surface area contributed by atoms with Gasteiger partial charge in [-0.3, -0.25) is 4.79 Å². The Hall–Kier alpha value is -2.44. The van der Waals surface area contributed by atoms with Crippen LogP contribution in [0.3, 0.4) is 0 Å².